The lowest BCUT2D eigenvalue weighted by atomic mass is 10.2. The number of hydrogen-bond acceptors (Lipinski definition) is 4. The summed E-state index contributed by atoms with van der Waals surface area (Å²) in [5.74, 6) is 0.953. The van der Waals surface area contributed by atoms with Gasteiger partial charge >= 0.3 is 7.75 Å². The minimum Gasteiger partial charge on any atom is -0.400 e. The first-order chi connectivity index (χ1) is 14.4. The Morgan fingerprint density at radius 3 is 1.63 bits per heavy atom. The van der Waals surface area contributed by atoms with E-state index < -0.39 is 7.75 Å². The molecule has 0 aromatic heterocycles. The maximum atomic E-state index is 13.3. The van der Waals surface area contributed by atoms with Crippen molar-refractivity contribution in [1.29, 1.82) is 0 Å². The zero-order chi connectivity index (χ0) is 21.8. The van der Waals surface area contributed by atoms with Crippen molar-refractivity contribution >= 4 is 13.4 Å². The van der Waals surface area contributed by atoms with Gasteiger partial charge in [-0.2, -0.15) is 0 Å². The van der Waals surface area contributed by atoms with E-state index in [2.05, 4.69) is 12.0 Å². The molecule has 0 radical (unpaired) electrons. The molecule has 3 aromatic rings. The summed E-state index contributed by atoms with van der Waals surface area (Å²) in [5, 5.41) is 2.89. The van der Waals surface area contributed by atoms with Crippen LogP contribution in [0, 0.1) is 13.8 Å². The summed E-state index contributed by atoms with van der Waals surface area (Å²) in [6, 6.07) is 23.9. The zero-order valence-electron chi connectivity index (χ0n) is 17.9. The van der Waals surface area contributed by atoms with E-state index in [1.807, 2.05) is 68.4 Å². The Balaban J connectivity index is 0.000000575. The molecule has 0 amide bonds. The van der Waals surface area contributed by atoms with Crippen LogP contribution in [0.1, 0.15) is 30.9 Å². The molecule has 30 heavy (non-hydrogen) atoms. The largest absolute Gasteiger partial charge is 0.541 e. The number of nitrogens with one attached hydrogen (secondary N) is 1. The zero-order valence-corrected chi connectivity index (χ0v) is 18.8. The fraction of sp³-hybridized carbons (Fsp3) is 0.250. The van der Waals surface area contributed by atoms with Gasteiger partial charge in [0.15, 0.2) is 0 Å². The first-order valence-electron chi connectivity index (χ1n) is 10.1. The maximum Gasteiger partial charge on any atom is 0.541 e. The molecule has 0 unspecified atom stereocenters. The van der Waals surface area contributed by atoms with Gasteiger partial charge in [0, 0.05) is 5.69 Å². The highest BCUT2D eigenvalue weighted by atomic mass is 31.2. The Morgan fingerprint density at radius 1 is 0.800 bits per heavy atom. The van der Waals surface area contributed by atoms with E-state index in [1.54, 1.807) is 24.3 Å². The monoisotopic (exact) mass is 426 g/mol. The molecule has 0 saturated heterocycles. The van der Waals surface area contributed by atoms with Crippen LogP contribution in [0.5, 0.6) is 11.5 Å². The summed E-state index contributed by atoms with van der Waals surface area (Å²) < 4.78 is 24.8. The number of anilines is 1. The molecule has 5 nitrogen and oxygen atoms in total. The minimum absolute atomic E-state index is 0.476. The Bertz CT molecular complexity index is 860. The van der Waals surface area contributed by atoms with E-state index in [9.17, 15) is 4.57 Å². The van der Waals surface area contributed by atoms with Crippen molar-refractivity contribution in [2.24, 2.45) is 5.73 Å². The number of unbranched alkanes of at least 4 members (excludes halogenated alkanes) is 1. The highest BCUT2D eigenvalue weighted by Gasteiger charge is 2.29. The van der Waals surface area contributed by atoms with Crippen LogP contribution >= 0.6 is 7.75 Å². The fourth-order valence-electron chi connectivity index (χ4n) is 2.42. The van der Waals surface area contributed by atoms with Gasteiger partial charge in [0.1, 0.15) is 11.5 Å². The van der Waals surface area contributed by atoms with Crippen LogP contribution in [0.15, 0.2) is 78.9 Å². The van der Waals surface area contributed by atoms with Crippen molar-refractivity contribution in [3.05, 3.63) is 90.0 Å². The van der Waals surface area contributed by atoms with Gasteiger partial charge in [-0.15, -0.1) is 0 Å². The molecule has 3 aromatic carbocycles. The summed E-state index contributed by atoms with van der Waals surface area (Å²) in [6.07, 6.45) is 2.39. The third kappa shape index (κ3) is 8.32. The van der Waals surface area contributed by atoms with Crippen LogP contribution in [0.2, 0.25) is 0 Å². The quantitative estimate of drug-likeness (QED) is 0.391. The van der Waals surface area contributed by atoms with Crippen molar-refractivity contribution in [3.63, 3.8) is 0 Å². The molecule has 0 aliphatic rings. The average Bonchev–Trinajstić information content (AvgIpc) is 2.73. The van der Waals surface area contributed by atoms with Crippen molar-refractivity contribution in [3.8, 4) is 11.5 Å². The van der Waals surface area contributed by atoms with Gasteiger partial charge in [-0.1, -0.05) is 66.9 Å². The molecule has 6 heteroatoms. The molecule has 0 spiro atoms. The van der Waals surface area contributed by atoms with E-state index in [0.717, 1.165) is 17.7 Å². The van der Waals surface area contributed by atoms with Crippen molar-refractivity contribution < 1.29 is 13.6 Å². The Hall–Kier alpha value is -2.75. The number of hydrogen-bond donors (Lipinski definition) is 2. The molecular formula is C24H31N2O3P. The van der Waals surface area contributed by atoms with E-state index in [0.29, 0.717) is 17.2 Å². The van der Waals surface area contributed by atoms with Crippen LogP contribution in [-0.2, 0) is 4.57 Å². The summed E-state index contributed by atoms with van der Waals surface area (Å²) in [5.41, 5.74) is 7.99. The smallest absolute Gasteiger partial charge is 0.400 e. The van der Waals surface area contributed by atoms with E-state index in [-0.39, 0.29) is 0 Å². The molecule has 160 valence electrons. The highest BCUT2D eigenvalue weighted by Crippen LogP contribution is 2.48. The highest BCUT2D eigenvalue weighted by molar-refractivity contribution is 7.56. The van der Waals surface area contributed by atoms with Gasteiger partial charge < -0.3 is 14.8 Å². The molecule has 0 aliphatic heterocycles. The number of aryl methyl sites for hydroxylation is 2. The Labute approximate surface area is 179 Å². The Kier molecular flexibility index (Phi) is 9.46. The van der Waals surface area contributed by atoms with Crippen LogP contribution in [-0.4, -0.2) is 6.54 Å². The molecule has 0 atom stereocenters. The van der Waals surface area contributed by atoms with Gasteiger partial charge in [0.25, 0.3) is 0 Å². The minimum atomic E-state index is -3.67. The van der Waals surface area contributed by atoms with E-state index in [1.165, 1.54) is 12.8 Å². The molecule has 0 bridgehead atoms. The van der Waals surface area contributed by atoms with Crippen LogP contribution < -0.4 is 19.9 Å². The summed E-state index contributed by atoms with van der Waals surface area (Å²) >= 11 is 0. The van der Waals surface area contributed by atoms with E-state index in [4.69, 9.17) is 14.8 Å². The first-order valence-corrected chi connectivity index (χ1v) is 11.6. The lowest BCUT2D eigenvalue weighted by Gasteiger charge is -2.21. The summed E-state index contributed by atoms with van der Waals surface area (Å²) in [6.45, 7) is 6.94. The second-order valence-corrected chi connectivity index (χ2v) is 8.51. The average molecular weight is 426 g/mol. The molecular weight excluding hydrogens is 395 g/mol. The molecule has 0 aliphatic carbocycles. The molecule has 0 fully saturated rings. The standard InChI is InChI=1S/C20H20NO3P.C4H11N/c1-16-8-12-19(13-9-16)23-25(22,21-18-6-4-3-5-7-18)24-20-14-10-17(2)11-15-20;1-2-3-4-5/h3-15H,1-2H3,(H,21,22);2-5H2,1H3. The van der Waals surface area contributed by atoms with Gasteiger partial charge in [0.05, 0.1) is 0 Å². The third-order valence-corrected chi connectivity index (χ3v) is 5.53. The molecule has 3 rings (SSSR count). The van der Waals surface area contributed by atoms with Gasteiger partial charge in [-0.05, 0) is 63.2 Å². The second kappa shape index (κ2) is 12.1. The number of rotatable bonds is 8. The van der Waals surface area contributed by atoms with Crippen molar-refractivity contribution in [2.75, 3.05) is 11.6 Å². The second-order valence-electron chi connectivity index (χ2n) is 6.93. The van der Waals surface area contributed by atoms with Gasteiger partial charge in [-0.3, -0.25) is 5.09 Å². The molecule has 0 heterocycles. The third-order valence-electron chi connectivity index (χ3n) is 4.09. The summed E-state index contributed by atoms with van der Waals surface area (Å²) in [7, 11) is -3.67. The predicted octanol–water partition coefficient (Wildman–Crippen LogP) is 6.73. The lowest BCUT2D eigenvalue weighted by Crippen LogP contribution is -2.09. The van der Waals surface area contributed by atoms with Crippen LogP contribution in [0.3, 0.4) is 0 Å². The fourth-order valence-corrected chi connectivity index (χ4v) is 3.81. The SMILES string of the molecule is CCCCN.Cc1ccc(OP(=O)(Nc2ccccc2)Oc2ccc(C)cc2)cc1. The van der Waals surface area contributed by atoms with E-state index >= 15 is 0 Å². The van der Waals surface area contributed by atoms with Crippen LogP contribution in [0.4, 0.5) is 5.69 Å². The number of benzene rings is 3. The first kappa shape index (κ1) is 23.5. The van der Waals surface area contributed by atoms with Crippen molar-refractivity contribution in [2.45, 2.75) is 33.6 Å². The number of para-hydroxylation sites is 1. The maximum absolute atomic E-state index is 13.3. The molecule has 0 saturated carbocycles. The topological polar surface area (TPSA) is 73.6 Å². The number of nitrogens with two attached hydrogens (primary N) is 1. The predicted molar refractivity (Wildman–Crippen MR) is 125 cm³/mol. The van der Waals surface area contributed by atoms with Crippen molar-refractivity contribution in [1.82, 2.24) is 0 Å². The Morgan fingerprint density at radius 2 is 1.27 bits per heavy atom. The normalized spacial score (nSPS) is 10.5. The lowest BCUT2D eigenvalue weighted by molar-refractivity contribution is 0.393. The summed E-state index contributed by atoms with van der Waals surface area (Å²) in [4.78, 5) is 0. The van der Waals surface area contributed by atoms with Gasteiger partial charge in [0.2, 0.25) is 0 Å². The molecule has 3 N–H and O–H groups in total. The van der Waals surface area contributed by atoms with Gasteiger partial charge in [-0.25, -0.2) is 4.57 Å². The van der Waals surface area contributed by atoms with Crippen LogP contribution in [0.25, 0.3) is 0 Å².